The predicted octanol–water partition coefficient (Wildman–Crippen LogP) is 4.71. The molecule has 3 rings (SSSR count). The molecule has 3 aromatic rings. The van der Waals surface area contributed by atoms with Crippen molar-refractivity contribution in [3.63, 3.8) is 0 Å². The van der Waals surface area contributed by atoms with Crippen LogP contribution in [0.15, 0.2) is 72.8 Å². The van der Waals surface area contributed by atoms with Crippen LogP contribution in [-0.4, -0.2) is 12.4 Å². The van der Waals surface area contributed by atoms with Crippen LogP contribution in [0.5, 0.6) is 11.5 Å². The van der Waals surface area contributed by atoms with Crippen molar-refractivity contribution in [3.8, 4) is 11.5 Å². The highest BCUT2D eigenvalue weighted by molar-refractivity contribution is 6.31. The van der Waals surface area contributed by atoms with Crippen molar-refractivity contribution in [3.05, 3.63) is 88.9 Å². The smallest absolute Gasteiger partial charge is 0.343 e. The summed E-state index contributed by atoms with van der Waals surface area (Å²) in [6.45, 7) is 0.228. The predicted molar refractivity (Wildman–Crippen MR) is 103 cm³/mol. The van der Waals surface area contributed by atoms with E-state index in [0.29, 0.717) is 22.7 Å². The van der Waals surface area contributed by atoms with Crippen molar-refractivity contribution >= 4 is 29.7 Å². The molecular weight excluding hydrogens is 366 g/mol. The molecule has 0 radical (unpaired) electrons. The highest BCUT2D eigenvalue weighted by Crippen LogP contribution is 2.39. The second-order valence-electron chi connectivity index (χ2n) is 5.57. The van der Waals surface area contributed by atoms with E-state index in [0.717, 1.165) is 5.56 Å². The molecule has 3 aromatic carbocycles. The van der Waals surface area contributed by atoms with Gasteiger partial charge in [0, 0.05) is 11.1 Å². The Morgan fingerprint density at radius 1 is 1.00 bits per heavy atom. The van der Waals surface area contributed by atoms with Crippen LogP contribution in [0.25, 0.3) is 0 Å². The van der Waals surface area contributed by atoms with Crippen LogP contribution < -0.4 is 14.8 Å². The van der Waals surface area contributed by atoms with E-state index in [1.54, 1.807) is 30.3 Å². The van der Waals surface area contributed by atoms with Gasteiger partial charge in [0.2, 0.25) is 6.41 Å². The minimum absolute atomic E-state index is 0.122. The fourth-order valence-corrected chi connectivity index (χ4v) is 2.63. The van der Waals surface area contributed by atoms with Gasteiger partial charge in [0.25, 0.3) is 0 Å². The Morgan fingerprint density at radius 2 is 1.67 bits per heavy atom. The molecule has 0 atom stereocenters. The summed E-state index contributed by atoms with van der Waals surface area (Å²) >= 11 is 6.10. The Morgan fingerprint density at radius 3 is 2.33 bits per heavy atom. The van der Waals surface area contributed by atoms with Gasteiger partial charge < -0.3 is 14.8 Å². The maximum Gasteiger partial charge on any atom is 0.343 e. The number of carbonyl (C=O) groups is 2. The van der Waals surface area contributed by atoms with E-state index in [4.69, 9.17) is 21.1 Å². The van der Waals surface area contributed by atoms with Crippen LogP contribution in [0.3, 0.4) is 0 Å². The lowest BCUT2D eigenvalue weighted by Crippen LogP contribution is -2.10. The average Bonchev–Trinajstić information content (AvgIpc) is 2.69. The van der Waals surface area contributed by atoms with Gasteiger partial charge >= 0.3 is 5.97 Å². The van der Waals surface area contributed by atoms with Crippen molar-refractivity contribution in [2.45, 2.75) is 6.61 Å². The zero-order valence-electron chi connectivity index (χ0n) is 14.2. The number of hydrogen-bond acceptors (Lipinski definition) is 4. The minimum Gasteiger partial charge on any atom is -0.483 e. The lowest BCUT2D eigenvalue weighted by Gasteiger charge is -2.16. The fourth-order valence-electron chi connectivity index (χ4n) is 2.43. The van der Waals surface area contributed by atoms with E-state index in [2.05, 4.69) is 5.32 Å². The minimum atomic E-state index is -0.556. The van der Waals surface area contributed by atoms with Crippen LogP contribution in [-0.2, 0) is 11.4 Å². The van der Waals surface area contributed by atoms with E-state index in [-0.39, 0.29) is 18.1 Å². The van der Waals surface area contributed by atoms with Crippen LogP contribution in [0, 0.1) is 0 Å². The number of anilines is 1. The largest absolute Gasteiger partial charge is 0.483 e. The van der Waals surface area contributed by atoms with Crippen LogP contribution in [0.2, 0.25) is 5.02 Å². The number of benzene rings is 3. The van der Waals surface area contributed by atoms with Gasteiger partial charge in [-0.1, -0.05) is 60.1 Å². The zero-order chi connectivity index (χ0) is 19.1. The first kappa shape index (κ1) is 18.5. The summed E-state index contributed by atoms with van der Waals surface area (Å²) in [5, 5.41) is 2.82. The van der Waals surface area contributed by atoms with E-state index >= 15 is 0 Å². The first-order chi connectivity index (χ1) is 13.2. The normalized spacial score (nSPS) is 10.1. The Labute approximate surface area is 161 Å². The van der Waals surface area contributed by atoms with Gasteiger partial charge in [-0.15, -0.1) is 0 Å². The van der Waals surface area contributed by atoms with Gasteiger partial charge in [-0.2, -0.15) is 0 Å². The summed E-state index contributed by atoms with van der Waals surface area (Å²) < 4.78 is 11.3. The van der Waals surface area contributed by atoms with Gasteiger partial charge in [0.1, 0.15) is 6.61 Å². The van der Waals surface area contributed by atoms with Gasteiger partial charge in [0.15, 0.2) is 11.5 Å². The molecule has 0 unspecified atom stereocenters. The molecule has 136 valence electrons. The highest BCUT2D eigenvalue weighted by atomic mass is 35.5. The molecule has 0 bridgehead atoms. The molecule has 0 aromatic heterocycles. The Hall–Kier alpha value is -3.31. The number of rotatable bonds is 7. The summed E-state index contributed by atoms with van der Waals surface area (Å²) in [5.74, 6) is -0.212. The molecule has 0 aliphatic rings. The fraction of sp³-hybridized carbons (Fsp3) is 0.0476. The summed E-state index contributed by atoms with van der Waals surface area (Å²) in [5.41, 5.74) is 1.62. The number of halogens is 1. The quantitative estimate of drug-likeness (QED) is 0.366. The van der Waals surface area contributed by atoms with E-state index < -0.39 is 5.97 Å². The third kappa shape index (κ3) is 4.86. The molecule has 0 heterocycles. The maximum absolute atomic E-state index is 12.4. The van der Waals surface area contributed by atoms with Crippen molar-refractivity contribution in [2.24, 2.45) is 0 Å². The third-order valence-corrected chi connectivity index (χ3v) is 3.89. The van der Waals surface area contributed by atoms with Crippen LogP contribution >= 0.6 is 11.6 Å². The SMILES string of the molecule is O=CNc1cc(Cl)cc(OC(=O)c2ccccc2)c1OCc1ccccc1. The number of nitrogens with one attached hydrogen (secondary N) is 1. The summed E-state index contributed by atoms with van der Waals surface area (Å²) in [6.07, 6.45) is 0.504. The first-order valence-corrected chi connectivity index (χ1v) is 8.53. The van der Waals surface area contributed by atoms with Gasteiger partial charge in [-0.05, 0) is 23.8 Å². The monoisotopic (exact) mass is 381 g/mol. The number of amides is 1. The molecule has 27 heavy (non-hydrogen) atoms. The number of hydrogen-bond donors (Lipinski definition) is 1. The number of esters is 1. The number of carbonyl (C=O) groups excluding carboxylic acids is 2. The first-order valence-electron chi connectivity index (χ1n) is 8.15. The second-order valence-corrected chi connectivity index (χ2v) is 6.01. The van der Waals surface area contributed by atoms with Crippen molar-refractivity contribution in [1.82, 2.24) is 0 Å². The molecule has 0 fully saturated rings. The van der Waals surface area contributed by atoms with Crippen LogP contribution in [0.1, 0.15) is 15.9 Å². The molecule has 6 heteroatoms. The average molecular weight is 382 g/mol. The number of ether oxygens (including phenoxy) is 2. The maximum atomic E-state index is 12.4. The summed E-state index contributed by atoms with van der Waals surface area (Å²) in [7, 11) is 0. The van der Waals surface area contributed by atoms with Crippen molar-refractivity contribution in [1.29, 1.82) is 0 Å². The van der Waals surface area contributed by atoms with Gasteiger partial charge in [-0.3, -0.25) is 4.79 Å². The van der Waals surface area contributed by atoms with E-state index in [1.807, 2.05) is 30.3 Å². The zero-order valence-corrected chi connectivity index (χ0v) is 15.0. The lowest BCUT2D eigenvalue weighted by molar-refractivity contribution is -0.105. The van der Waals surface area contributed by atoms with Crippen molar-refractivity contribution in [2.75, 3.05) is 5.32 Å². The van der Waals surface area contributed by atoms with Gasteiger partial charge in [-0.25, -0.2) is 4.79 Å². The third-order valence-electron chi connectivity index (χ3n) is 3.67. The van der Waals surface area contributed by atoms with E-state index in [9.17, 15) is 9.59 Å². The van der Waals surface area contributed by atoms with Gasteiger partial charge in [0.05, 0.1) is 11.3 Å². The molecule has 0 saturated heterocycles. The molecule has 1 N–H and O–H groups in total. The van der Waals surface area contributed by atoms with E-state index in [1.165, 1.54) is 12.1 Å². The van der Waals surface area contributed by atoms with Crippen LogP contribution in [0.4, 0.5) is 5.69 Å². The Bertz CT molecular complexity index is 930. The Balaban J connectivity index is 1.90. The summed E-state index contributed by atoms with van der Waals surface area (Å²) in [4.78, 5) is 23.4. The molecule has 0 saturated carbocycles. The van der Waals surface area contributed by atoms with Crippen molar-refractivity contribution < 1.29 is 19.1 Å². The standard InChI is InChI=1S/C21H16ClNO4/c22-17-11-18(23-14-24)20(26-13-15-7-3-1-4-8-15)19(12-17)27-21(25)16-9-5-2-6-10-16/h1-12,14H,13H2,(H,23,24). The molecule has 0 spiro atoms. The molecule has 5 nitrogen and oxygen atoms in total. The highest BCUT2D eigenvalue weighted by Gasteiger charge is 2.18. The molecule has 0 aliphatic heterocycles. The second kappa shape index (κ2) is 8.87. The molecule has 1 amide bonds. The summed E-state index contributed by atoms with van der Waals surface area (Å²) in [6, 6.07) is 21.0. The molecular formula is C21H16ClNO4. The topological polar surface area (TPSA) is 64.6 Å². The lowest BCUT2D eigenvalue weighted by atomic mass is 10.2. The Kier molecular flexibility index (Phi) is 6.07. The molecule has 0 aliphatic carbocycles.